The molecule has 0 fully saturated rings. The van der Waals surface area contributed by atoms with Crippen molar-refractivity contribution < 1.29 is 4.74 Å². The van der Waals surface area contributed by atoms with Gasteiger partial charge in [0.2, 0.25) is 0 Å². The van der Waals surface area contributed by atoms with E-state index in [1.807, 2.05) is 12.1 Å². The Morgan fingerprint density at radius 3 is 2.75 bits per heavy atom. The molecule has 0 radical (unpaired) electrons. The third-order valence-electron chi connectivity index (χ3n) is 2.89. The van der Waals surface area contributed by atoms with Crippen LogP contribution in [0.15, 0.2) is 30.3 Å². The number of ether oxygens (including phenoxy) is 1. The third-order valence-corrected chi connectivity index (χ3v) is 2.89. The van der Waals surface area contributed by atoms with Gasteiger partial charge in [-0.05, 0) is 23.6 Å². The first-order chi connectivity index (χ1) is 9.58. The molecule has 5 nitrogen and oxygen atoms in total. The van der Waals surface area contributed by atoms with Gasteiger partial charge in [0.25, 0.3) is 0 Å². The van der Waals surface area contributed by atoms with Gasteiger partial charge in [0.1, 0.15) is 18.2 Å². The predicted molar refractivity (Wildman–Crippen MR) is 81.0 cm³/mol. The number of methoxy groups -OCH3 is 1. The number of nitrogens with zero attached hydrogens (tertiary/aromatic N) is 2. The number of nitrogen functional groups attached to an aromatic ring is 1. The second kappa shape index (κ2) is 6.34. The van der Waals surface area contributed by atoms with Gasteiger partial charge < -0.3 is 15.8 Å². The molecule has 0 bridgehead atoms. The van der Waals surface area contributed by atoms with Crippen molar-refractivity contribution in [3.63, 3.8) is 0 Å². The Bertz CT molecular complexity index is 584. The largest absolute Gasteiger partial charge is 0.384 e. The Labute approximate surface area is 119 Å². The zero-order chi connectivity index (χ0) is 14.5. The molecule has 5 heteroatoms. The molecular weight excluding hydrogens is 252 g/mol. The Kier molecular flexibility index (Phi) is 4.53. The summed E-state index contributed by atoms with van der Waals surface area (Å²) in [5.74, 6) is 2.14. The SMILES string of the molecule is COCc1nc(N)cc(Nc2cccc(C(C)C)c2)n1. The summed E-state index contributed by atoms with van der Waals surface area (Å²) < 4.78 is 5.03. The monoisotopic (exact) mass is 272 g/mol. The number of hydrogen-bond donors (Lipinski definition) is 2. The molecule has 0 aliphatic rings. The Hall–Kier alpha value is -2.14. The highest BCUT2D eigenvalue weighted by atomic mass is 16.5. The normalized spacial score (nSPS) is 10.8. The molecule has 2 aromatic rings. The molecule has 0 aliphatic carbocycles. The van der Waals surface area contributed by atoms with E-state index in [-0.39, 0.29) is 0 Å². The van der Waals surface area contributed by atoms with E-state index in [1.165, 1.54) is 5.56 Å². The van der Waals surface area contributed by atoms with E-state index in [2.05, 4.69) is 41.3 Å². The van der Waals surface area contributed by atoms with E-state index < -0.39 is 0 Å². The lowest BCUT2D eigenvalue weighted by Gasteiger charge is -2.11. The number of aromatic nitrogens is 2. The summed E-state index contributed by atoms with van der Waals surface area (Å²) in [7, 11) is 1.60. The van der Waals surface area contributed by atoms with Crippen LogP contribution in [0.25, 0.3) is 0 Å². The first-order valence-corrected chi connectivity index (χ1v) is 6.58. The van der Waals surface area contributed by atoms with Gasteiger partial charge in [-0.15, -0.1) is 0 Å². The van der Waals surface area contributed by atoms with Crippen LogP contribution in [0, 0.1) is 0 Å². The molecule has 1 aromatic heterocycles. The van der Waals surface area contributed by atoms with E-state index in [0.29, 0.717) is 30.0 Å². The van der Waals surface area contributed by atoms with Gasteiger partial charge in [0.05, 0.1) is 0 Å². The summed E-state index contributed by atoms with van der Waals surface area (Å²) in [4.78, 5) is 8.48. The van der Waals surface area contributed by atoms with Crippen molar-refractivity contribution in [2.75, 3.05) is 18.2 Å². The first-order valence-electron chi connectivity index (χ1n) is 6.58. The molecule has 2 rings (SSSR count). The van der Waals surface area contributed by atoms with E-state index in [0.717, 1.165) is 5.69 Å². The maximum Gasteiger partial charge on any atom is 0.158 e. The number of rotatable bonds is 5. The molecule has 0 atom stereocenters. The molecular formula is C15H20N4O. The Balaban J connectivity index is 2.23. The van der Waals surface area contributed by atoms with Crippen molar-refractivity contribution in [1.82, 2.24) is 9.97 Å². The smallest absolute Gasteiger partial charge is 0.158 e. The van der Waals surface area contributed by atoms with Crippen LogP contribution < -0.4 is 11.1 Å². The van der Waals surface area contributed by atoms with Crippen LogP contribution >= 0.6 is 0 Å². The zero-order valence-electron chi connectivity index (χ0n) is 12.1. The highest BCUT2D eigenvalue weighted by molar-refractivity contribution is 5.59. The predicted octanol–water partition coefficient (Wildman–Crippen LogP) is 3.07. The van der Waals surface area contributed by atoms with Crippen molar-refractivity contribution in [1.29, 1.82) is 0 Å². The van der Waals surface area contributed by atoms with E-state index in [9.17, 15) is 0 Å². The molecule has 0 saturated carbocycles. The lowest BCUT2D eigenvalue weighted by atomic mass is 10.0. The van der Waals surface area contributed by atoms with E-state index >= 15 is 0 Å². The highest BCUT2D eigenvalue weighted by Crippen LogP contribution is 2.21. The average molecular weight is 272 g/mol. The van der Waals surface area contributed by atoms with Crippen LogP contribution in [-0.2, 0) is 11.3 Å². The molecule has 20 heavy (non-hydrogen) atoms. The van der Waals surface area contributed by atoms with Crippen LogP contribution in [0.1, 0.15) is 31.2 Å². The van der Waals surface area contributed by atoms with Gasteiger partial charge in [-0.1, -0.05) is 26.0 Å². The molecule has 1 aromatic carbocycles. The summed E-state index contributed by atoms with van der Waals surface area (Å²) in [5.41, 5.74) is 8.03. The Morgan fingerprint density at radius 1 is 1.25 bits per heavy atom. The molecule has 0 unspecified atom stereocenters. The van der Waals surface area contributed by atoms with Crippen LogP contribution in [0.2, 0.25) is 0 Å². The molecule has 1 heterocycles. The quantitative estimate of drug-likeness (QED) is 0.875. The summed E-state index contributed by atoms with van der Waals surface area (Å²) >= 11 is 0. The minimum absolute atomic E-state index is 0.339. The fraction of sp³-hybridized carbons (Fsp3) is 0.333. The van der Waals surface area contributed by atoms with E-state index in [4.69, 9.17) is 10.5 Å². The summed E-state index contributed by atoms with van der Waals surface area (Å²) in [6.45, 7) is 4.67. The Morgan fingerprint density at radius 2 is 2.05 bits per heavy atom. The van der Waals surface area contributed by atoms with Gasteiger partial charge >= 0.3 is 0 Å². The fourth-order valence-corrected chi connectivity index (χ4v) is 1.90. The molecule has 0 aliphatic heterocycles. The second-order valence-electron chi connectivity index (χ2n) is 4.93. The maximum atomic E-state index is 5.77. The zero-order valence-corrected chi connectivity index (χ0v) is 12.1. The van der Waals surface area contributed by atoms with Crippen molar-refractivity contribution in [3.05, 3.63) is 41.7 Å². The number of anilines is 3. The van der Waals surface area contributed by atoms with Crippen LogP contribution in [0.4, 0.5) is 17.3 Å². The van der Waals surface area contributed by atoms with Crippen LogP contribution in [-0.4, -0.2) is 17.1 Å². The van der Waals surface area contributed by atoms with Gasteiger partial charge in [0.15, 0.2) is 5.82 Å². The van der Waals surface area contributed by atoms with E-state index in [1.54, 1.807) is 13.2 Å². The minimum atomic E-state index is 0.339. The minimum Gasteiger partial charge on any atom is -0.384 e. The van der Waals surface area contributed by atoms with Gasteiger partial charge in [-0.2, -0.15) is 0 Å². The maximum absolute atomic E-state index is 5.77. The molecule has 3 N–H and O–H groups in total. The summed E-state index contributed by atoms with van der Waals surface area (Å²) in [6.07, 6.45) is 0. The van der Waals surface area contributed by atoms with Crippen LogP contribution in [0.5, 0.6) is 0 Å². The molecule has 0 saturated heterocycles. The van der Waals surface area contributed by atoms with Crippen molar-refractivity contribution in [3.8, 4) is 0 Å². The fourth-order valence-electron chi connectivity index (χ4n) is 1.90. The third kappa shape index (κ3) is 3.68. The number of nitrogens with one attached hydrogen (secondary N) is 1. The van der Waals surface area contributed by atoms with Gasteiger partial charge in [-0.25, -0.2) is 9.97 Å². The topological polar surface area (TPSA) is 73.1 Å². The number of nitrogens with two attached hydrogens (primary N) is 1. The summed E-state index contributed by atoms with van der Waals surface area (Å²) in [5, 5.41) is 3.25. The molecule has 0 spiro atoms. The number of hydrogen-bond acceptors (Lipinski definition) is 5. The highest BCUT2D eigenvalue weighted by Gasteiger charge is 2.05. The lowest BCUT2D eigenvalue weighted by Crippen LogP contribution is -2.04. The van der Waals surface area contributed by atoms with Gasteiger partial charge in [0, 0.05) is 18.9 Å². The molecule has 106 valence electrons. The average Bonchev–Trinajstić information content (AvgIpc) is 2.38. The first kappa shape index (κ1) is 14.3. The second-order valence-corrected chi connectivity index (χ2v) is 4.93. The summed E-state index contributed by atoms with van der Waals surface area (Å²) in [6, 6.07) is 9.96. The number of benzene rings is 1. The van der Waals surface area contributed by atoms with Gasteiger partial charge in [-0.3, -0.25) is 0 Å². The van der Waals surface area contributed by atoms with Crippen molar-refractivity contribution >= 4 is 17.3 Å². The van der Waals surface area contributed by atoms with Crippen LogP contribution in [0.3, 0.4) is 0 Å². The van der Waals surface area contributed by atoms with Crippen molar-refractivity contribution in [2.24, 2.45) is 0 Å². The standard InChI is InChI=1S/C15H20N4O/c1-10(2)11-5-4-6-12(7-11)17-14-8-13(16)18-15(19-14)9-20-3/h4-8,10H,9H2,1-3H3,(H3,16,17,18,19). The lowest BCUT2D eigenvalue weighted by molar-refractivity contribution is 0.178. The molecule has 0 amide bonds. The van der Waals surface area contributed by atoms with Crippen molar-refractivity contribution in [2.45, 2.75) is 26.4 Å².